The lowest BCUT2D eigenvalue weighted by Gasteiger charge is -2.08. The first-order valence-corrected chi connectivity index (χ1v) is 7.21. The molecule has 6 heteroatoms. The number of carbonyl (C=O) groups excluding carboxylic acids is 1. The summed E-state index contributed by atoms with van der Waals surface area (Å²) < 4.78 is 16.0. The van der Waals surface area contributed by atoms with Gasteiger partial charge in [-0.2, -0.15) is 0 Å². The van der Waals surface area contributed by atoms with Crippen LogP contribution >= 0.6 is 11.3 Å². The van der Waals surface area contributed by atoms with E-state index in [0.717, 1.165) is 5.01 Å². The van der Waals surface area contributed by atoms with E-state index < -0.39 is 0 Å². The maximum absolute atomic E-state index is 11.6. The largest absolute Gasteiger partial charge is 0.493 e. The van der Waals surface area contributed by atoms with Crippen molar-refractivity contribution >= 4 is 17.1 Å². The van der Waals surface area contributed by atoms with Crippen LogP contribution in [0.2, 0.25) is 0 Å². The Kier molecular flexibility index (Phi) is 5.30. The molecule has 112 valence electrons. The van der Waals surface area contributed by atoms with Crippen molar-refractivity contribution in [3.63, 3.8) is 0 Å². The van der Waals surface area contributed by atoms with Crippen molar-refractivity contribution in [3.8, 4) is 11.5 Å². The molecule has 0 atom stereocenters. The van der Waals surface area contributed by atoms with Gasteiger partial charge in [-0.25, -0.2) is 4.98 Å². The molecule has 0 spiro atoms. The van der Waals surface area contributed by atoms with E-state index in [1.807, 2.05) is 24.3 Å². The molecule has 2 aromatic rings. The number of hydrogen-bond donors (Lipinski definition) is 0. The Morgan fingerprint density at radius 1 is 1.19 bits per heavy atom. The molecule has 0 aliphatic rings. The Morgan fingerprint density at radius 2 is 1.90 bits per heavy atom. The minimum absolute atomic E-state index is 0.0110. The molecular formula is C15H17NO4S. The molecular weight excluding hydrogens is 290 g/mol. The van der Waals surface area contributed by atoms with E-state index in [1.54, 1.807) is 14.2 Å². The van der Waals surface area contributed by atoms with Crippen molar-refractivity contribution in [1.29, 1.82) is 0 Å². The van der Waals surface area contributed by atoms with Gasteiger partial charge in [-0.15, -0.1) is 11.3 Å². The van der Waals surface area contributed by atoms with Gasteiger partial charge in [0.05, 0.1) is 24.3 Å². The zero-order valence-corrected chi connectivity index (χ0v) is 13.0. The number of aromatic nitrogens is 1. The van der Waals surface area contributed by atoms with Crippen molar-refractivity contribution in [3.05, 3.63) is 39.8 Å². The topological polar surface area (TPSA) is 57.6 Å². The third-order valence-corrected chi connectivity index (χ3v) is 3.93. The second kappa shape index (κ2) is 7.19. The molecule has 1 aromatic heterocycles. The van der Waals surface area contributed by atoms with Gasteiger partial charge < -0.3 is 14.2 Å². The molecule has 0 unspecified atom stereocenters. The minimum Gasteiger partial charge on any atom is -0.493 e. The first kappa shape index (κ1) is 15.5. The molecule has 2 rings (SSSR count). The predicted octanol–water partition coefficient (Wildman–Crippen LogP) is 3.08. The smallest absolute Gasteiger partial charge is 0.171 e. The van der Waals surface area contributed by atoms with Gasteiger partial charge >= 0.3 is 0 Å². The van der Waals surface area contributed by atoms with Crippen LogP contribution in [-0.2, 0) is 18.0 Å². The van der Waals surface area contributed by atoms with Crippen LogP contribution in [0.4, 0.5) is 0 Å². The van der Waals surface area contributed by atoms with Gasteiger partial charge in [0.2, 0.25) is 0 Å². The highest BCUT2D eigenvalue weighted by molar-refractivity contribution is 7.13. The molecule has 1 heterocycles. The number of Topliss-reactive ketones (excluding diaryl/α,β-unsaturated/α-hetero) is 1. The Bertz CT molecular complexity index is 624. The molecule has 0 saturated carbocycles. The summed E-state index contributed by atoms with van der Waals surface area (Å²) >= 11 is 1.33. The molecule has 0 amide bonds. The fourth-order valence-corrected chi connectivity index (χ4v) is 2.73. The number of para-hydroxylation sites is 2. The first-order valence-electron chi connectivity index (χ1n) is 6.40. The Hall–Kier alpha value is -1.92. The summed E-state index contributed by atoms with van der Waals surface area (Å²) in [6.07, 6.45) is 0. The predicted molar refractivity (Wildman–Crippen MR) is 80.2 cm³/mol. The number of benzene rings is 1. The summed E-state index contributed by atoms with van der Waals surface area (Å²) in [6.45, 7) is 2.13. The van der Waals surface area contributed by atoms with Crippen LogP contribution in [0.5, 0.6) is 11.5 Å². The number of ketones is 1. The maximum atomic E-state index is 11.6. The highest BCUT2D eigenvalue weighted by atomic mass is 32.1. The molecule has 5 nitrogen and oxygen atoms in total. The third-order valence-electron chi connectivity index (χ3n) is 2.76. The van der Waals surface area contributed by atoms with E-state index >= 15 is 0 Å². The second-order valence-corrected chi connectivity index (χ2v) is 5.40. The van der Waals surface area contributed by atoms with Crippen molar-refractivity contribution < 1.29 is 19.0 Å². The van der Waals surface area contributed by atoms with E-state index in [2.05, 4.69) is 4.98 Å². The van der Waals surface area contributed by atoms with Crippen molar-refractivity contribution in [2.75, 3.05) is 14.2 Å². The maximum Gasteiger partial charge on any atom is 0.171 e. The van der Waals surface area contributed by atoms with Gasteiger partial charge in [0, 0.05) is 14.0 Å². The third kappa shape index (κ3) is 3.80. The fraction of sp³-hybridized carbons (Fsp3) is 0.333. The van der Waals surface area contributed by atoms with E-state index in [-0.39, 0.29) is 12.4 Å². The molecule has 0 radical (unpaired) electrons. The minimum atomic E-state index is -0.0110. The van der Waals surface area contributed by atoms with Gasteiger partial charge in [0.1, 0.15) is 11.6 Å². The molecule has 0 aliphatic carbocycles. The highest BCUT2D eigenvalue weighted by Gasteiger charge is 2.15. The van der Waals surface area contributed by atoms with E-state index in [9.17, 15) is 4.79 Å². The molecule has 1 aromatic carbocycles. The standard InChI is InChI=1S/C15H17NO4S/c1-10(17)15-11(8-18-2)16-14(21-15)9-20-13-7-5-4-6-12(13)19-3/h4-7H,8-9H2,1-3H3. The van der Waals surface area contributed by atoms with Gasteiger partial charge in [0.15, 0.2) is 17.3 Å². The summed E-state index contributed by atoms with van der Waals surface area (Å²) in [5.41, 5.74) is 0.661. The number of methoxy groups -OCH3 is 2. The van der Waals surface area contributed by atoms with Crippen LogP contribution in [0, 0.1) is 0 Å². The molecule has 0 bridgehead atoms. The lowest BCUT2D eigenvalue weighted by Crippen LogP contribution is -1.99. The number of nitrogens with zero attached hydrogens (tertiary/aromatic N) is 1. The Morgan fingerprint density at radius 3 is 2.52 bits per heavy atom. The Balaban J connectivity index is 2.13. The summed E-state index contributed by atoms with van der Waals surface area (Å²) in [7, 11) is 3.17. The molecule has 0 aliphatic heterocycles. The van der Waals surface area contributed by atoms with E-state index in [0.29, 0.717) is 28.7 Å². The molecule has 0 fully saturated rings. The molecule has 0 N–H and O–H groups in total. The summed E-state index contributed by atoms with van der Waals surface area (Å²) in [5.74, 6) is 1.30. The second-order valence-electron chi connectivity index (χ2n) is 4.31. The first-order chi connectivity index (χ1) is 10.2. The van der Waals surface area contributed by atoms with Gasteiger partial charge in [0.25, 0.3) is 0 Å². The lowest BCUT2D eigenvalue weighted by atomic mass is 10.3. The van der Waals surface area contributed by atoms with Crippen molar-refractivity contribution in [2.45, 2.75) is 20.1 Å². The van der Waals surface area contributed by atoms with Crippen molar-refractivity contribution in [2.24, 2.45) is 0 Å². The number of ether oxygens (including phenoxy) is 3. The van der Waals surface area contributed by atoms with Crippen LogP contribution in [0.3, 0.4) is 0 Å². The zero-order valence-electron chi connectivity index (χ0n) is 12.2. The number of thiazole rings is 1. The summed E-state index contributed by atoms with van der Waals surface area (Å²) in [6, 6.07) is 7.40. The van der Waals surface area contributed by atoms with Crippen LogP contribution in [0.1, 0.15) is 27.3 Å². The SMILES string of the molecule is COCc1nc(COc2ccccc2OC)sc1C(C)=O. The van der Waals surface area contributed by atoms with Crippen molar-refractivity contribution in [1.82, 2.24) is 4.98 Å². The van der Waals surface area contributed by atoms with E-state index in [1.165, 1.54) is 18.3 Å². The van der Waals surface area contributed by atoms with Crippen LogP contribution < -0.4 is 9.47 Å². The van der Waals surface area contributed by atoms with Gasteiger partial charge in [-0.1, -0.05) is 12.1 Å². The Labute approximate surface area is 127 Å². The fourth-order valence-electron chi connectivity index (χ4n) is 1.85. The molecule has 21 heavy (non-hydrogen) atoms. The zero-order chi connectivity index (χ0) is 15.2. The monoisotopic (exact) mass is 307 g/mol. The van der Waals surface area contributed by atoms with Gasteiger partial charge in [-0.3, -0.25) is 4.79 Å². The highest BCUT2D eigenvalue weighted by Crippen LogP contribution is 2.28. The van der Waals surface area contributed by atoms with Crippen LogP contribution in [0.15, 0.2) is 24.3 Å². The number of carbonyl (C=O) groups is 1. The quantitative estimate of drug-likeness (QED) is 0.736. The average Bonchev–Trinajstić information content (AvgIpc) is 2.89. The molecule has 0 saturated heterocycles. The summed E-state index contributed by atoms with van der Waals surface area (Å²) in [5, 5.41) is 0.734. The normalized spacial score (nSPS) is 10.4. The van der Waals surface area contributed by atoms with Gasteiger partial charge in [-0.05, 0) is 12.1 Å². The number of rotatable bonds is 7. The lowest BCUT2D eigenvalue weighted by molar-refractivity contribution is 0.101. The van der Waals surface area contributed by atoms with Crippen LogP contribution in [-0.4, -0.2) is 25.0 Å². The average molecular weight is 307 g/mol. The number of hydrogen-bond acceptors (Lipinski definition) is 6. The van der Waals surface area contributed by atoms with Crippen LogP contribution in [0.25, 0.3) is 0 Å². The van der Waals surface area contributed by atoms with E-state index in [4.69, 9.17) is 14.2 Å². The summed E-state index contributed by atoms with van der Waals surface area (Å²) in [4.78, 5) is 16.6.